The van der Waals surface area contributed by atoms with E-state index in [9.17, 15) is 0 Å². The Morgan fingerprint density at radius 2 is 1.00 bits per heavy atom. The standard InChI is InChI=1S/C18H9BCl6N3/c19-9-10-1-3-11(4-2-10)12-5-7-13(8-6-12)14-26-15(17(20,21)22)28-16(27-14)18(23,24)25/h1-9H. The Kier molecular flexibility index (Phi) is 6.60. The van der Waals surface area contributed by atoms with E-state index >= 15 is 0 Å². The average molecular weight is 491 g/mol. The van der Waals surface area contributed by atoms with Gasteiger partial charge in [-0.15, -0.1) is 0 Å². The molecule has 0 amide bonds. The molecule has 28 heavy (non-hydrogen) atoms. The molecule has 3 rings (SSSR count). The summed E-state index contributed by atoms with van der Waals surface area (Å²) in [5.41, 5.74) is 3.59. The summed E-state index contributed by atoms with van der Waals surface area (Å²) in [5.74, 6) is 1.48. The average Bonchev–Trinajstić information content (AvgIpc) is 2.66. The molecular weight excluding hydrogens is 482 g/mol. The van der Waals surface area contributed by atoms with Crippen LogP contribution in [-0.2, 0) is 7.59 Å². The molecule has 141 valence electrons. The molecule has 2 aromatic carbocycles. The second kappa shape index (κ2) is 8.47. The summed E-state index contributed by atoms with van der Waals surface area (Å²) in [5, 5.41) is 0. The van der Waals surface area contributed by atoms with Crippen LogP contribution in [-0.4, -0.2) is 28.4 Å². The van der Waals surface area contributed by atoms with Crippen LogP contribution < -0.4 is 0 Å². The van der Waals surface area contributed by atoms with Crippen molar-refractivity contribution in [2.45, 2.75) is 7.59 Å². The van der Waals surface area contributed by atoms with Gasteiger partial charge in [0.2, 0.25) is 7.59 Å². The van der Waals surface area contributed by atoms with Gasteiger partial charge in [0.25, 0.3) is 0 Å². The molecule has 0 saturated heterocycles. The van der Waals surface area contributed by atoms with Gasteiger partial charge in [-0.25, -0.2) is 4.98 Å². The second-order valence-electron chi connectivity index (χ2n) is 5.67. The molecule has 3 aromatic rings. The van der Waals surface area contributed by atoms with Crippen LogP contribution in [0.2, 0.25) is 0 Å². The van der Waals surface area contributed by atoms with E-state index in [0.29, 0.717) is 5.56 Å². The molecule has 0 aliphatic heterocycles. The van der Waals surface area contributed by atoms with Crippen molar-refractivity contribution in [1.29, 1.82) is 0 Å². The minimum atomic E-state index is -1.90. The Labute approximate surface area is 193 Å². The zero-order valence-electron chi connectivity index (χ0n) is 13.9. The fourth-order valence-corrected chi connectivity index (χ4v) is 2.86. The van der Waals surface area contributed by atoms with Gasteiger partial charge in [-0.2, -0.15) is 0 Å². The second-order valence-corrected chi connectivity index (χ2v) is 10.2. The van der Waals surface area contributed by atoms with Crippen LogP contribution in [0.15, 0.2) is 48.5 Å². The molecule has 0 spiro atoms. The summed E-state index contributed by atoms with van der Waals surface area (Å²) in [6, 6.07) is 15.2. The molecule has 0 atom stereocenters. The topological polar surface area (TPSA) is 38.7 Å². The molecule has 1 radical (unpaired) electrons. The fourth-order valence-electron chi connectivity index (χ4n) is 2.36. The quantitative estimate of drug-likeness (QED) is 0.325. The van der Waals surface area contributed by atoms with Gasteiger partial charge in [-0.05, 0) is 0 Å². The Balaban J connectivity index is 2.02. The normalized spacial score (nSPS) is 12.0. The van der Waals surface area contributed by atoms with E-state index in [-0.39, 0.29) is 17.5 Å². The third-order valence-corrected chi connectivity index (χ3v) is 4.74. The van der Waals surface area contributed by atoms with Gasteiger partial charge in [0.15, 0.2) is 0 Å². The first-order valence-electron chi connectivity index (χ1n) is 7.74. The van der Waals surface area contributed by atoms with Crippen molar-refractivity contribution in [1.82, 2.24) is 15.0 Å². The van der Waals surface area contributed by atoms with E-state index in [4.69, 9.17) is 77.1 Å². The number of halogens is 6. The Morgan fingerprint density at radius 1 is 0.607 bits per heavy atom. The molecular formula is C18H9BCl6N3. The van der Waals surface area contributed by atoms with Gasteiger partial charge in [0.1, 0.15) is 0 Å². The zero-order valence-corrected chi connectivity index (χ0v) is 18.4. The summed E-state index contributed by atoms with van der Waals surface area (Å²) in [4.78, 5) is 12.4. The molecule has 0 fully saturated rings. The Morgan fingerprint density at radius 3 is 1.39 bits per heavy atom. The molecule has 10 heteroatoms. The van der Waals surface area contributed by atoms with Crippen LogP contribution >= 0.6 is 69.6 Å². The fraction of sp³-hybridized carbons (Fsp3) is 0.111. The van der Waals surface area contributed by atoms with Gasteiger partial charge in [-0.3, -0.25) is 0 Å². The van der Waals surface area contributed by atoms with E-state index in [2.05, 4.69) is 15.0 Å². The Hall–Kier alpha value is -0.875. The van der Waals surface area contributed by atoms with Gasteiger partial charge in [-0.1, -0.05) is 69.6 Å². The maximum atomic E-state index is 5.91. The first kappa shape index (κ1) is 21.8. The molecule has 0 saturated carbocycles. The van der Waals surface area contributed by atoms with Crippen LogP contribution in [0.1, 0.15) is 17.2 Å². The Bertz CT molecular complexity index is 964. The van der Waals surface area contributed by atoms with Gasteiger partial charge < -0.3 is 0 Å². The third-order valence-electron chi connectivity index (χ3n) is 3.72. The summed E-state index contributed by atoms with van der Waals surface area (Å²) >= 11 is 35.4. The number of aromatic nitrogens is 3. The number of nitrogens with zero attached hydrogens (tertiary/aromatic N) is 3. The number of hydrogen-bond donors (Lipinski definition) is 0. The zero-order chi connectivity index (χ0) is 20.5. The first-order chi connectivity index (χ1) is 13.1. The SMILES string of the molecule is [B]=Cc1ccc(-c2ccc(-c3nc(C(Cl)(Cl)Cl)nc(C(Cl)(Cl)Cl)n3)cc2)cc1. The van der Waals surface area contributed by atoms with Crippen LogP contribution in [0, 0.1) is 0 Å². The van der Waals surface area contributed by atoms with Crippen LogP contribution in [0.3, 0.4) is 0 Å². The molecule has 0 unspecified atom stereocenters. The summed E-state index contributed by atoms with van der Waals surface area (Å²) in [6.45, 7) is 0. The van der Waals surface area contributed by atoms with Crippen LogP contribution in [0.4, 0.5) is 0 Å². The molecule has 3 nitrogen and oxygen atoms in total. The molecule has 1 aromatic heterocycles. The van der Waals surface area contributed by atoms with Crippen molar-refractivity contribution in [2.24, 2.45) is 0 Å². The van der Waals surface area contributed by atoms with Gasteiger partial charge in [0.05, 0.1) is 0 Å². The van der Waals surface area contributed by atoms with Crippen LogP contribution in [0.5, 0.6) is 0 Å². The van der Waals surface area contributed by atoms with E-state index in [1.807, 2.05) is 48.5 Å². The first-order valence-corrected chi connectivity index (χ1v) is 10.0. The van der Waals surface area contributed by atoms with Crippen molar-refractivity contribution >= 4 is 83.1 Å². The predicted molar refractivity (Wildman–Crippen MR) is 120 cm³/mol. The summed E-state index contributed by atoms with van der Waals surface area (Å²) in [7, 11) is 5.51. The van der Waals surface area contributed by atoms with Crippen molar-refractivity contribution in [3.63, 3.8) is 0 Å². The molecule has 0 bridgehead atoms. The number of hydrogen-bond acceptors (Lipinski definition) is 3. The van der Waals surface area contributed by atoms with Crippen molar-refractivity contribution in [3.8, 4) is 22.5 Å². The summed E-state index contributed by atoms with van der Waals surface area (Å²) in [6.07, 6.45) is 0. The molecule has 0 aliphatic carbocycles. The minimum absolute atomic E-state index is 0.137. The molecule has 0 aliphatic rings. The maximum absolute atomic E-state index is 5.91. The third kappa shape index (κ3) is 5.18. The summed E-state index contributed by atoms with van der Waals surface area (Å²) < 4.78 is -3.80. The van der Waals surface area contributed by atoms with E-state index < -0.39 is 7.59 Å². The molecule has 0 N–H and O–H groups in total. The van der Waals surface area contributed by atoms with Crippen molar-refractivity contribution in [2.75, 3.05) is 0 Å². The van der Waals surface area contributed by atoms with Crippen molar-refractivity contribution < 1.29 is 0 Å². The van der Waals surface area contributed by atoms with E-state index in [0.717, 1.165) is 16.7 Å². The van der Waals surface area contributed by atoms with Crippen LogP contribution in [0.25, 0.3) is 22.5 Å². The number of benzene rings is 2. The predicted octanol–water partition coefficient (Wildman–Crippen LogP) is 6.18. The van der Waals surface area contributed by atoms with E-state index in [1.54, 1.807) is 0 Å². The monoisotopic (exact) mass is 488 g/mol. The van der Waals surface area contributed by atoms with Crippen molar-refractivity contribution in [3.05, 3.63) is 65.7 Å². The molecule has 1 heterocycles. The van der Waals surface area contributed by atoms with E-state index in [1.165, 1.54) is 5.97 Å². The number of rotatable bonds is 3. The van der Waals surface area contributed by atoms with Gasteiger partial charge in [0, 0.05) is 0 Å². The van der Waals surface area contributed by atoms with Gasteiger partial charge >= 0.3 is 112 Å². The number of alkyl halides is 6.